The highest BCUT2D eigenvalue weighted by atomic mass is 79.9. The van der Waals surface area contributed by atoms with Crippen LogP contribution in [0.2, 0.25) is 0 Å². The average Bonchev–Trinajstić information content (AvgIpc) is 2.64. The molecule has 26 heavy (non-hydrogen) atoms. The predicted molar refractivity (Wildman–Crippen MR) is 105 cm³/mol. The molecule has 1 amide bonds. The van der Waals surface area contributed by atoms with E-state index in [1.165, 1.54) is 22.7 Å². The Morgan fingerprint density at radius 1 is 1.31 bits per heavy atom. The third kappa shape index (κ3) is 4.12. The van der Waals surface area contributed by atoms with E-state index in [2.05, 4.69) is 32.3 Å². The lowest BCUT2D eigenvalue weighted by Gasteiger charge is -2.11. The molecule has 0 atom stereocenters. The van der Waals surface area contributed by atoms with E-state index in [0.29, 0.717) is 16.6 Å². The molecule has 0 saturated heterocycles. The molecular formula is C18H13BrN4O2S. The number of carbonyl (C=O) groups is 1. The van der Waals surface area contributed by atoms with Crippen molar-refractivity contribution in [3.63, 3.8) is 0 Å². The number of hydrogen-bond donors (Lipinski definition) is 1. The van der Waals surface area contributed by atoms with Gasteiger partial charge in [-0.15, -0.1) is 11.8 Å². The van der Waals surface area contributed by atoms with Crippen LogP contribution >= 0.6 is 27.7 Å². The Labute approximate surface area is 162 Å². The number of halogens is 1. The Hall–Kier alpha value is -2.63. The number of hydrogen-bond acceptors (Lipinski definition) is 5. The largest absolute Gasteiger partial charge is 0.324 e. The molecular weight excluding hydrogens is 416 g/mol. The first-order chi connectivity index (χ1) is 12.6. The van der Waals surface area contributed by atoms with E-state index in [4.69, 9.17) is 5.26 Å². The van der Waals surface area contributed by atoms with E-state index in [1.54, 1.807) is 24.3 Å². The monoisotopic (exact) mass is 428 g/mol. The molecule has 1 aromatic heterocycles. The fraction of sp³-hybridized carbons (Fsp3) is 0.111. The molecule has 0 radical (unpaired) electrons. The first-order valence-corrected chi connectivity index (χ1v) is 9.39. The van der Waals surface area contributed by atoms with E-state index >= 15 is 0 Å². The third-order valence-electron chi connectivity index (χ3n) is 3.55. The van der Waals surface area contributed by atoms with Crippen molar-refractivity contribution in [2.24, 2.45) is 0 Å². The van der Waals surface area contributed by atoms with Gasteiger partial charge in [0.15, 0.2) is 0 Å². The number of fused-ring (bicyclic) bond motifs is 1. The standard InChI is InChI=1S/C18H13BrN4O2S/c19-12-5-6-14-13(9-12)18(25)23(11-21-14)10-17(24)22-15-3-1-2-4-16(15)26-8-7-20/h1-6,9,11H,8,10H2,(H,22,24). The Morgan fingerprint density at radius 2 is 2.12 bits per heavy atom. The summed E-state index contributed by atoms with van der Waals surface area (Å²) >= 11 is 4.67. The molecule has 0 saturated carbocycles. The van der Waals surface area contributed by atoms with Gasteiger partial charge in [-0.25, -0.2) is 4.98 Å². The Bertz CT molecular complexity index is 1070. The number of thioether (sulfide) groups is 1. The van der Waals surface area contributed by atoms with Crippen molar-refractivity contribution in [1.82, 2.24) is 9.55 Å². The topological polar surface area (TPSA) is 87.8 Å². The zero-order valence-corrected chi connectivity index (χ0v) is 15.9. The highest BCUT2D eigenvalue weighted by Gasteiger charge is 2.11. The highest BCUT2D eigenvalue weighted by molar-refractivity contribution is 9.10. The molecule has 0 spiro atoms. The summed E-state index contributed by atoms with van der Waals surface area (Å²) < 4.78 is 2.05. The van der Waals surface area contributed by atoms with E-state index in [-0.39, 0.29) is 23.8 Å². The number of nitriles is 1. The van der Waals surface area contributed by atoms with Gasteiger partial charge >= 0.3 is 0 Å². The van der Waals surface area contributed by atoms with Crippen molar-refractivity contribution in [2.75, 3.05) is 11.1 Å². The summed E-state index contributed by atoms with van der Waals surface area (Å²) in [6.45, 7) is -0.147. The van der Waals surface area contributed by atoms with E-state index < -0.39 is 0 Å². The molecule has 0 aliphatic carbocycles. The molecule has 3 aromatic rings. The van der Waals surface area contributed by atoms with Crippen LogP contribution in [-0.4, -0.2) is 21.2 Å². The number of rotatable bonds is 5. The smallest absolute Gasteiger partial charge is 0.261 e. The minimum Gasteiger partial charge on any atom is -0.324 e. The maximum atomic E-state index is 12.6. The molecule has 0 fully saturated rings. The first-order valence-electron chi connectivity index (χ1n) is 7.62. The summed E-state index contributed by atoms with van der Waals surface area (Å²) in [7, 11) is 0. The van der Waals surface area contributed by atoms with Crippen LogP contribution in [0.3, 0.4) is 0 Å². The lowest BCUT2D eigenvalue weighted by Crippen LogP contribution is -2.28. The van der Waals surface area contributed by atoms with Crippen molar-refractivity contribution >= 4 is 50.2 Å². The zero-order chi connectivity index (χ0) is 18.5. The normalized spacial score (nSPS) is 10.5. The number of benzene rings is 2. The molecule has 0 unspecified atom stereocenters. The molecule has 0 aliphatic heterocycles. The maximum Gasteiger partial charge on any atom is 0.261 e. The SMILES string of the molecule is N#CCSc1ccccc1NC(=O)Cn1cnc2ccc(Br)cc2c1=O. The van der Waals surface area contributed by atoms with E-state index in [0.717, 1.165) is 9.37 Å². The van der Waals surface area contributed by atoms with Crippen LogP contribution in [0.1, 0.15) is 0 Å². The fourth-order valence-electron chi connectivity index (χ4n) is 2.39. The number of nitrogens with one attached hydrogen (secondary N) is 1. The number of carbonyl (C=O) groups excluding carboxylic acids is 1. The average molecular weight is 429 g/mol. The Morgan fingerprint density at radius 3 is 2.92 bits per heavy atom. The summed E-state index contributed by atoms with van der Waals surface area (Å²) in [4.78, 5) is 30.0. The van der Waals surface area contributed by atoms with Gasteiger partial charge in [0.2, 0.25) is 5.91 Å². The molecule has 3 rings (SSSR count). The number of para-hydroxylation sites is 1. The summed E-state index contributed by atoms with van der Waals surface area (Å²) in [5.41, 5.74) is 0.911. The van der Waals surface area contributed by atoms with E-state index in [1.807, 2.05) is 18.2 Å². The number of amides is 1. The summed E-state index contributed by atoms with van der Waals surface area (Å²) in [5.74, 6) is -0.0521. The van der Waals surface area contributed by atoms with Crippen LogP contribution in [0, 0.1) is 11.3 Å². The molecule has 8 heteroatoms. The van der Waals surface area contributed by atoms with Gasteiger partial charge in [-0.1, -0.05) is 28.1 Å². The zero-order valence-electron chi connectivity index (χ0n) is 13.5. The lowest BCUT2D eigenvalue weighted by molar-refractivity contribution is -0.116. The van der Waals surface area contributed by atoms with Gasteiger partial charge in [-0.05, 0) is 30.3 Å². The number of nitrogens with zero attached hydrogens (tertiary/aromatic N) is 3. The first kappa shape index (κ1) is 18.2. The van der Waals surface area contributed by atoms with E-state index in [9.17, 15) is 9.59 Å². The summed E-state index contributed by atoms with van der Waals surface area (Å²) in [6.07, 6.45) is 1.37. The second kappa shape index (κ2) is 8.17. The van der Waals surface area contributed by atoms with Gasteiger partial charge in [0.25, 0.3) is 5.56 Å². The highest BCUT2D eigenvalue weighted by Crippen LogP contribution is 2.26. The van der Waals surface area contributed by atoms with Crippen LogP contribution < -0.4 is 10.9 Å². The second-order valence-electron chi connectivity index (χ2n) is 5.33. The molecule has 0 aliphatic rings. The Kier molecular flexibility index (Phi) is 5.71. The van der Waals surface area contributed by atoms with Gasteiger partial charge in [0.1, 0.15) is 6.54 Å². The van der Waals surface area contributed by atoms with Crippen LogP contribution in [0.5, 0.6) is 0 Å². The van der Waals surface area contributed by atoms with Crippen LogP contribution in [0.4, 0.5) is 5.69 Å². The number of aromatic nitrogens is 2. The second-order valence-corrected chi connectivity index (χ2v) is 7.26. The number of anilines is 1. The fourth-order valence-corrected chi connectivity index (χ4v) is 3.42. The molecule has 130 valence electrons. The van der Waals surface area contributed by atoms with Gasteiger partial charge in [-0.2, -0.15) is 5.26 Å². The van der Waals surface area contributed by atoms with Crippen LogP contribution in [0.15, 0.2) is 63.0 Å². The van der Waals surface area contributed by atoms with Crippen molar-refractivity contribution in [1.29, 1.82) is 5.26 Å². The predicted octanol–water partition coefficient (Wildman–Crippen LogP) is 3.41. The molecule has 1 heterocycles. The lowest BCUT2D eigenvalue weighted by atomic mass is 10.2. The molecule has 6 nitrogen and oxygen atoms in total. The molecule has 1 N–H and O–H groups in total. The van der Waals surface area contributed by atoms with Crippen molar-refractivity contribution < 1.29 is 4.79 Å². The van der Waals surface area contributed by atoms with Crippen molar-refractivity contribution in [2.45, 2.75) is 11.4 Å². The van der Waals surface area contributed by atoms with Gasteiger partial charge in [-0.3, -0.25) is 14.2 Å². The third-order valence-corrected chi connectivity index (χ3v) is 4.99. The van der Waals surface area contributed by atoms with Crippen LogP contribution in [0.25, 0.3) is 10.9 Å². The quantitative estimate of drug-likeness (QED) is 0.628. The molecule has 2 aromatic carbocycles. The van der Waals surface area contributed by atoms with Crippen molar-refractivity contribution in [3.8, 4) is 6.07 Å². The summed E-state index contributed by atoms with van der Waals surface area (Å²) in [6, 6.07) is 14.5. The van der Waals surface area contributed by atoms with Crippen molar-refractivity contribution in [3.05, 3.63) is 63.6 Å². The van der Waals surface area contributed by atoms with Crippen LogP contribution in [-0.2, 0) is 11.3 Å². The Balaban J connectivity index is 1.81. The minimum atomic E-state index is -0.340. The van der Waals surface area contributed by atoms with Gasteiger partial charge < -0.3 is 5.32 Å². The molecule has 0 bridgehead atoms. The summed E-state index contributed by atoms with van der Waals surface area (Å²) in [5, 5.41) is 12.0. The van der Waals surface area contributed by atoms with Gasteiger partial charge in [0.05, 0.1) is 34.7 Å². The maximum absolute atomic E-state index is 12.6. The van der Waals surface area contributed by atoms with Gasteiger partial charge in [0, 0.05) is 9.37 Å². The minimum absolute atomic E-state index is 0.147.